The highest BCUT2D eigenvalue weighted by Gasteiger charge is 2.36. The molecule has 2 aliphatic rings. The van der Waals surface area contributed by atoms with Crippen LogP contribution in [0.15, 0.2) is 164 Å². The lowest BCUT2D eigenvalue weighted by Crippen LogP contribution is -2.38. The second-order valence-electron chi connectivity index (χ2n) is 11.9. The van der Waals surface area contributed by atoms with Crippen molar-refractivity contribution < 1.29 is 0 Å². The molecule has 2 nitrogen and oxygen atoms in total. The van der Waals surface area contributed by atoms with E-state index < -0.39 is 7.92 Å². The lowest BCUT2D eigenvalue weighted by molar-refractivity contribution is 0.795. The van der Waals surface area contributed by atoms with Gasteiger partial charge in [-0.25, -0.2) is 0 Å². The van der Waals surface area contributed by atoms with E-state index in [0.29, 0.717) is 0 Å². The second-order valence-corrected chi connectivity index (χ2v) is 15.2. The van der Waals surface area contributed by atoms with E-state index in [1.807, 2.05) is 11.3 Å². The molecule has 0 spiro atoms. The van der Waals surface area contributed by atoms with Crippen LogP contribution in [-0.2, 0) is 0 Å². The van der Waals surface area contributed by atoms with Gasteiger partial charge in [-0.3, -0.25) is 0 Å². The molecule has 9 rings (SSSR count). The van der Waals surface area contributed by atoms with Crippen molar-refractivity contribution >= 4 is 72.3 Å². The molecule has 6 aromatic carbocycles. The fraction of sp³-hybridized carbons (Fsp3) is 0.0476. The van der Waals surface area contributed by atoms with E-state index in [0.717, 1.165) is 0 Å². The molecular formula is C42H31N2PS. The minimum Gasteiger partial charge on any atom is -0.348 e. The van der Waals surface area contributed by atoms with E-state index in [-0.39, 0.29) is 6.17 Å². The first-order valence-corrected chi connectivity index (χ1v) is 17.9. The Morgan fingerprint density at radius 2 is 1.26 bits per heavy atom. The van der Waals surface area contributed by atoms with E-state index in [1.165, 1.54) is 69.7 Å². The number of hydrogen-bond acceptors (Lipinski definition) is 3. The summed E-state index contributed by atoms with van der Waals surface area (Å²) in [4.78, 5) is 4.89. The van der Waals surface area contributed by atoms with Gasteiger partial charge in [0.2, 0.25) is 0 Å². The Labute approximate surface area is 274 Å². The van der Waals surface area contributed by atoms with Crippen LogP contribution in [0.2, 0.25) is 0 Å². The number of benzene rings is 6. The maximum absolute atomic E-state index is 2.47. The Bertz CT molecular complexity index is 2260. The number of fused-ring (bicyclic) bond motifs is 6. The largest absolute Gasteiger partial charge is 0.348 e. The molecule has 3 heterocycles. The Balaban J connectivity index is 1.25. The molecule has 0 N–H and O–H groups in total. The molecule has 0 saturated carbocycles. The van der Waals surface area contributed by atoms with Crippen LogP contribution < -0.4 is 25.7 Å². The van der Waals surface area contributed by atoms with Crippen LogP contribution in [0.5, 0.6) is 0 Å². The van der Waals surface area contributed by atoms with E-state index in [9.17, 15) is 0 Å². The lowest BCUT2D eigenvalue weighted by Gasteiger charge is -2.30. The normalized spacial score (nSPS) is 15.4. The first-order chi connectivity index (χ1) is 22.7. The smallest absolute Gasteiger partial charge is 0.126 e. The van der Waals surface area contributed by atoms with Crippen molar-refractivity contribution in [3.8, 4) is 11.1 Å². The average Bonchev–Trinajstić information content (AvgIpc) is 3.63. The SMILES string of the molecule is CN1c2c(sc3ccccc23)N2C=C(c3cc(-c4cccc5ccccc45)cc(P(c4ccccc4)c4ccccc4)c3)C=CC12. The molecule has 0 fully saturated rings. The Morgan fingerprint density at radius 1 is 0.609 bits per heavy atom. The third-order valence-corrected chi connectivity index (χ3v) is 12.8. The average molecular weight is 627 g/mol. The van der Waals surface area contributed by atoms with Crippen molar-refractivity contribution in [3.05, 3.63) is 170 Å². The quantitative estimate of drug-likeness (QED) is 0.176. The highest BCUT2D eigenvalue weighted by Crippen LogP contribution is 2.52. The van der Waals surface area contributed by atoms with Gasteiger partial charge < -0.3 is 9.80 Å². The highest BCUT2D eigenvalue weighted by molar-refractivity contribution is 7.79. The Morgan fingerprint density at radius 3 is 2.04 bits per heavy atom. The van der Waals surface area contributed by atoms with Crippen molar-refractivity contribution in [2.75, 3.05) is 16.8 Å². The first-order valence-electron chi connectivity index (χ1n) is 15.7. The van der Waals surface area contributed by atoms with Gasteiger partial charge in [0, 0.05) is 23.3 Å². The molecule has 220 valence electrons. The molecule has 0 bridgehead atoms. The molecule has 7 aromatic rings. The number of thiophene rings is 1. The summed E-state index contributed by atoms with van der Waals surface area (Å²) in [5.41, 5.74) is 6.32. The zero-order valence-corrected chi connectivity index (χ0v) is 27.1. The van der Waals surface area contributed by atoms with Crippen molar-refractivity contribution in [1.29, 1.82) is 0 Å². The van der Waals surface area contributed by atoms with Crippen molar-refractivity contribution in [2.24, 2.45) is 0 Å². The molecule has 1 atom stereocenters. The fourth-order valence-electron chi connectivity index (χ4n) is 7.02. The van der Waals surface area contributed by atoms with E-state index in [1.54, 1.807) is 0 Å². The molecule has 4 heteroatoms. The Hall–Kier alpha value is -4.95. The van der Waals surface area contributed by atoms with Crippen LogP contribution in [0.4, 0.5) is 10.7 Å². The van der Waals surface area contributed by atoms with E-state index in [2.05, 4.69) is 181 Å². The summed E-state index contributed by atoms with van der Waals surface area (Å²) in [5, 5.41) is 9.25. The Kier molecular flexibility index (Phi) is 6.63. The van der Waals surface area contributed by atoms with Gasteiger partial charge in [-0.2, -0.15) is 0 Å². The minimum absolute atomic E-state index is 0.182. The topological polar surface area (TPSA) is 6.48 Å². The van der Waals surface area contributed by atoms with Crippen LogP contribution in [0.25, 0.3) is 37.6 Å². The van der Waals surface area contributed by atoms with Gasteiger partial charge in [-0.1, -0.05) is 127 Å². The highest BCUT2D eigenvalue weighted by atomic mass is 32.1. The maximum Gasteiger partial charge on any atom is 0.126 e. The summed E-state index contributed by atoms with van der Waals surface area (Å²) in [6, 6.07) is 53.5. The van der Waals surface area contributed by atoms with Crippen molar-refractivity contribution in [2.45, 2.75) is 6.17 Å². The number of allylic oxidation sites excluding steroid dienone is 2. The van der Waals surface area contributed by atoms with Crippen molar-refractivity contribution in [3.63, 3.8) is 0 Å². The zero-order chi connectivity index (χ0) is 30.6. The maximum atomic E-state index is 2.47. The van der Waals surface area contributed by atoms with Crippen LogP contribution >= 0.6 is 19.3 Å². The van der Waals surface area contributed by atoms with Gasteiger partial charge in [0.05, 0.1) is 5.69 Å². The molecule has 0 amide bonds. The molecule has 1 aromatic heterocycles. The summed E-state index contributed by atoms with van der Waals surface area (Å²) in [7, 11) is 1.44. The monoisotopic (exact) mass is 626 g/mol. The van der Waals surface area contributed by atoms with Gasteiger partial charge in [0.25, 0.3) is 0 Å². The minimum atomic E-state index is -0.779. The third-order valence-electron chi connectivity index (χ3n) is 9.19. The lowest BCUT2D eigenvalue weighted by atomic mass is 9.94. The summed E-state index contributed by atoms with van der Waals surface area (Å²) in [5.74, 6) is 0. The zero-order valence-electron chi connectivity index (χ0n) is 25.4. The number of rotatable bonds is 5. The number of nitrogens with zero attached hydrogens (tertiary/aromatic N) is 2. The van der Waals surface area contributed by atoms with E-state index in [4.69, 9.17) is 0 Å². The number of likely N-dealkylation sites (N-methyl/N-ethyl adjacent to an activating group) is 1. The summed E-state index contributed by atoms with van der Waals surface area (Å²) >= 11 is 1.89. The molecule has 46 heavy (non-hydrogen) atoms. The number of anilines is 2. The molecule has 0 radical (unpaired) electrons. The summed E-state index contributed by atoms with van der Waals surface area (Å²) in [6.45, 7) is 0. The standard InChI is InChI=1S/C42H31N2PS/c1-43-40-24-23-30(28-44(40)42-41(43)38-20-10-11-22-39(38)46-42)31-25-32(37-21-12-14-29-13-8-9-19-36(29)37)27-35(26-31)45(33-15-4-2-5-16-33)34-17-6-3-7-18-34/h2-28,40H,1H3. The third kappa shape index (κ3) is 4.50. The number of hydrogen-bond donors (Lipinski definition) is 0. The predicted octanol–water partition coefficient (Wildman–Crippen LogP) is 9.67. The van der Waals surface area contributed by atoms with Gasteiger partial charge in [-0.05, 0) is 87.2 Å². The molecule has 0 aliphatic carbocycles. The molecular weight excluding hydrogens is 596 g/mol. The van der Waals surface area contributed by atoms with Crippen molar-refractivity contribution in [1.82, 2.24) is 0 Å². The van der Waals surface area contributed by atoms with E-state index >= 15 is 0 Å². The fourth-order valence-corrected chi connectivity index (χ4v) is 10.6. The van der Waals surface area contributed by atoms with Gasteiger partial charge >= 0.3 is 0 Å². The molecule has 1 unspecified atom stereocenters. The molecule has 0 saturated heterocycles. The van der Waals surface area contributed by atoms with Crippen LogP contribution in [0, 0.1) is 0 Å². The van der Waals surface area contributed by atoms with Gasteiger partial charge in [0.1, 0.15) is 11.2 Å². The molecule has 2 aliphatic heterocycles. The van der Waals surface area contributed by atoms with Crippen LogP contribution in [0.3, 0.4) is 0 Å². The van der Waals surface area contributed by atoms with Gasteiger partial charge in [-0.15, -0.1) is 11.3 Å². The van der Waals surface area contributed by atoms with Gasteiger partial charge in [0.15, 0.2) is 0 Å². The van der Waals surface area contributed by atoms with Crippen LogP contribution in [-0.4, -0.2) is 13.2 Å². The first kappa shape index (κ1) is 27.4. The van der Waals surface area contributed by atoms with Crippen LogP contribution in [0.1, 0.15) is 5.56 Å². The second kappa shape index (κ2) is 11.1. The predicted molar refractivity (Wildman–Crippen MR) is 202 cm³/mol. The summed E-state index contributed by atoms with van der Waals surface area (Å²) in [6.07, 6.45) is 7.25. The summed E-state index contributed by atoms with van der Waals surface area (Å²) < 4.78 is 1.33.